The molecule has 0 fully saturated rings. The first-order valence-corrected chi connectivity index (χ1v) is 7.72. The number of nitrogens with zero attached hydrogens (tertiary/aromatic N) is 1. The first kappa shape index (κ1) is 17.3. The molecule has 1 aromatic rings. The Bertz CT molecular complexity index is 471. The van der Waals surface area contributed by atoms with E-state index < -0.39 is 0 Å². The summed E-state index contributed by atoms with van der Waals surface area (Å²) in [5.74, 6) is 1.25. The van der Waals surface area contributed by atoms with Crippen molar-refractivity contribution in [2.24, 2.45) is 0 Å². The van der Waals surface area contributed by atoms with Crippen molar-refractivity contribution in [1.29, 1.82) is 0 Å². The van der Waals surface area contributed by atoms with Crippen molar-refractivity contribution in [1.82, 2.24) is 4.90 Å². The van der Waals surface area contributed by atoms with Crippen molar-refractivity contribution < 1.29 is 23.7 Å². The van der Waals surface area contributed by atoms with Gasteiger partial charge in [0.2, 0.25) is 5.91 Å². The molecule has 1 aliphatic rings. The number of benzene rings is 1. The lowest BCUT2D eigenvalue weighted by Crippen LogP contribution is -2.35. The van der Waals surface area contributed by atoms with Crippen molar-refractivity contribution in [2.45, 2.75) is 0 Å². The number of hydrogen-bond acceptors (Lipinski definition) is 5. The zero-order valence-corrected chi connectivity index (χ0v) is 13.2. The second kappa shape index (κ2) is 9.86. The molecule has 1 amide bonds. The van der Waals surface area contributed by atoms with Gasteiger partial charge in [-0.15, -0.1) is 0 Å². The van der Waals surface area contributed by atoms with E-state index in [0.29, 0.717) is 64.2 Å². The quantitative estimate of drug-likeness (QED) is 0.734. The van der Waals surface area contributed by atoms with Gasteiger partial charge in [-0.05, 0) is 18.2 Å². The van der Waals surface area contributed by atoms with Gasteiger partial charge in [0.1, 0.15) is 13.2 Å². The van der Waals surface area contributed by atoms with Gasteiger partial charge in [-0.1, -0.05) is 18.7 Å². The molecule has 6 nitrogen and oxygen atoms in total. The van der Waals surface area contributed by atoms with Crippen molar-refractivity contribution in [3.05, 3.63) is 36.9 Å². The van der Waals surface area contributed by atoms with Crippen LogP contribution in [0.1, 0.15) is 0 Å². The van der Waals surface area contributed by atoms with Crippen LogP contribution in [0.4, 0.5) is 0 Å². The normalized spacial score (nSPS) is 17.7. The molecule has 0 bridgehead atoms. The zero-order valence-electron chi connectivity index (χ0n) is 13.2. The van der Waals surface area contributed by atoms with E-state index in [1.807, 2.05) is 24.3 Å². The maximum absolute atomic E-state index is 11.8. The van der Waals surface area contributed by atoms with Crippen LogP contribution in [0.25, 0.3) is 0 Å². The van der Waals surface area contributed by atoms with Gasteiger partial charge in [0.15, 0.2) is 11.5 Å². The van der Waals surface area contributed by atoms with Crippen LogP contribution in [0.3, 0.4) is 0 Å². The predicted octanol–water partition coefficient (Wildman–Crippen LogP) is 1.51. The van der Waals surface area contributed by atoms with Gasteiger partial charge in [0.05, 0.1) is 26.4 Å². The molecule has 0 aliphatic carbocycles. The van der Waals surface area contributed by atoms with Crippen LogP contribution in [0.5, 0.6) is 11.5 Å². The van der Waals surface area contributed by atoms with Gasteiger partial charge in [0.25, 0.3) is 0 Å². The minimum Gasteiger partial charge on any atom is -0.487 e. The van der Waals surface area contributed by atoms with E-state index in [1.54, 1.807) is 4.90 Å². The highest BCUT2D eigenvalue weighted by Crippen LogP contribution is 2.26. The van der Waals surface area contributed by atoms with Crippen molar-refractivity contribution in [3.8, 4) is 11.5 Å². The number of amides is 1. The lowest BCUT2D eigenvalue weighted by molar-refractivity contribution is -0.127. The maximum atomic E-state index is 11.8. The molecule has 0 N–H and O–H groups in total. The second-order valence-electron chi connectivity index (χ2n) is 4.90. The number of rotatable bonds is 1. The monoisotopic (exact) mass is 321 g/mol. The van der Waals surface area contributed by atoms with Crippen LogP contribution < -0.4 is 9.47 Å². The van der Waals surface area contributed by atoms with E-state index in [-0.39, 0.29) is 5.91 Å². The van der Waals surface area contributed by atoms with Gasteiger partial charge < -0.3 is 23.8 Å². The Morgan fingerprint density at radius 1 is 0.913 bits per heavy atom. The van der Waals surface area contributed by atoms with E-state index in [4.69, 9.17) is 18.9 Å². The van der Waals surface area contributed by atoms with Crippen LogP contribution in [0, 0.1) is 0 Å². The van der Waals surface area contributed by atoms with E-state index in [9.17, 15) is 4.79 Å². The van der Waals surface area contributed by atoms with Crippen LogP contribution in [0.2, 0.25) is 0 Å². The number of ether oxygens (including phenoxy) is 4. The number of carbonyl (C=O) groups excluding carboxylic acids is 1. The first-order valence-electron chi connectivity index (χ1n) is 7.72. The van der Waals surface area contributed by atoms with Crippen molar-refractivity contribution >= 4 is 5.91 Å². The molecule has 0 saturated heterocycles. The topological polar surface area (TPSA) is 57.2 Å². The Morgan fingerprint density at radius 3 is 1.91 bits per heavy atom. The molecule has 2 rings (SSSR count). The van der Waals surface area contributed by atoms with Gasteiger partial charge in [-0.3, -0.25) is 4.79 Å². The van der Waals surface area contributed by atoms with Crippen LogP contribution >= 0.6 is 0 Å². The van der Waals surface area contributed by atoms with Crippen molar-refractivity contribution in [2.75, 3.05) is 52.7 Å². The molecule has 0 unspecified atom stereocenters. The number of carbonyl (C=O) groups is 1. The maximum Gasteiger partial charge on any atom is 0.246 e. The Morgan fingerprint density at radius 2 is 1.43 bits per heavy atom. The van der Waals surface area contributed by atoms with E-state index >= 15 is 0 Å². The molecular formula is C17H23NO5. The van der Waals surface area contributed by atoms with Crippen LogP contribution in [0.15, 0.2) is 36.9 Å². The summed E-state index contributed by atoms with van der Waals surface area (Å²) < 4.78 is 22.4. The lowest BCUT2D eigenvalue weighted by atomic mass is 10.3. The molecule has 126 valence electrons. The van der Waals surface area contributed by atoms with Gasteiger partial charge >= 0.3 is 0 Å². The third-order valence-corrected chi connectivity index (χ3v) is 3.32. The largest absolute Gasteiger partial charge is 0.487 e. The fourth-order valence-corrected chi connectivity index (χ4v) is 2.12. The summed E-state index contributed by atoms with van der Waals surface area (Å²) in [6, 6.07) is 7.51. The van der Waals surface area contributed by atoms with Gasteiger partial charge in [-0.25, -0.2) is 0 Å². The summed E-state index contributed by atoms with van der Waals surface area (Å²) in [5.41, 5.74) is 0. The van der Waals surface area contributed by atoms with E-state index in [2.05, 4.69) is 6.58 Å². The molecule has 0 radical (unpaired) electrons. The van der Waals surface area contributed by atoms with E-state index in [0.717, 1.165) is 0 Å². The van der Waals surface area contributed by atoms with E-state index in [1.165, 1.54) is 6.08 Å². The molecule has 6 heteroatoms. The molecule has 1 aromatic carbocycles. The summed E-state index contributed by atoms with van der Waals surface area (Å²) >= 11 is 0. The third-order valence-electron chi connectivity index (χ3n) is 3.32. The Labute approximate surface area is 136 Å². The second-order valence-corrected chi connectivity index (χ2v) is 4.90. The fraction of sp³-hybridized carbons (Fsp3) is 0.471. The number of hydrogen-bond donors (Lipinski definition) is 0. The highest BCUT2D eigenvalue weighted by molar-refractivity contribution is 5.86. The standard InChI is InChI=1S/C17H23NO5/c1-2-17(19)18-7-9-20-11-13-22-15-5-3-4-6-16(15)23-14-12-21-10-8-18/h2-6H,1,7-14H2. The van der Waals surface area contributed by atoms with Gasteiger partial charge in [0, 0.05) is 13.1 Å². The Kier molecular flexibility index (Phi) is 7.42. The Hall–Kier alpha value is -2.05. The molecule has 1 heterocycles. The summed E-state index contributed by atoms with van der Waals surface area (Å²) in [6.45, 7) is 7.15. The van der Waals surface area contributed by atoms with Gasteiger partial charge in [-0.2, -0.15) is 0 Å². The van der Waals surface area contributed by atoms with Crippen molar-refractivity contribution in [3.63, 3.8) is 0 Å². The Balaban J connectivity index is 1.91. The zero-order chi connectivity index (χ0) is 16.3. The smallest absolute Gasteiger partial charge is 0.246 e. The molecule has 1 aliphatic heterocycles. The average molecular weight is 321 g/mol. The number of fused-ring (bicyclic) bond motifs is 1. The summed E-state index contributed by atoms with van der Waals surface area (Å²) in [7, 11) is 0. The molecule has 0 atom stereocenters. The highest BCUT2D eigenvalue weighted by Gasteiger charge is 2.10. The molecule has 0 aromatic heterocycles. The number of para-hydroxylation sites is 2. The molecule has 0 spiro atoms. The fourth-order valence-electron chi connectivity index (χ4n) is 2.12. The predicted molar refractivity (Wildman–Crippen MR) is 85.8 cm³/mol. The summed E-state index contributed by atoms with van der Waals surface area (Å²) in [4.78, 5) is 13.4. The first-order chi connectivity index (χ1) is 11.3. The minimum atomic E-state index is -0.124. The SMILES string of the molecule is C=CC(=O)N1CCOCCOc2ccccc2OCCOCC1. The van der Waals surface area contributed by atoms with Crippen LogP contribution in [-0.2, 0) is 14.3 Å². The lowest BCUT2D eigenvalue weighted by Gasteiger charge is -2.21. The molecular weight excluding hydrogens is 298 g/mol. The molecule has 23 heavy (non-hydrogen) atoms. The van der Waals surface area contributed by atoms with Crippen LogP contribution in [-0.4, -0.2) is 63.5 Å². The third kappa shape index (κ3) is 5.92. The molecule has 0 saturated carbocycles. The summed E-state index contributed by atoms with van der Waals surface area (Å²) in [5, 5.41) is 0. The summed E-state index contributed by atoms with van der Waals surface area (Å²) in [6.07, 6.45) is 1.30. The highest BCUT2D eigenvalue weighted by atomic mass is 16.6. The average Bonchev–Trinajstić information content (AvgIpc) is 2.59. The minimum absolute atomic E-state index is 0.124.